The number of aliphatic hydroxyl groups is 1. The highest BCUT2D eigenvalue weighted by Crippen LogP contribution is 2.16. The molecule has 0 radical (unpaired) electrons. The minimum Gasteiger partial charge on any atom is -0.462 e. The van der Waals surface area contributed by atoms with Crippen molar-refractivity contribution in [3.05, 3.63) is 109 Å². The summed E-state index contributed by atoms with van der Waals surface area (Å²) in [4.78, 5) is 24.5. The predicted octanol–water partition coefficient (Wildman–Crippen LogP) is 19.3. The average Bonchev–Trinajstić information content (AvgIpc) is 3.34. The van der Waals surface area contributed by atoms with Crippen LogP contribution in [-0.2, 0) is 19.1 Å². The van der Waals surface area contributed by atoms with Gasteiger partial charge in [0.25, 0.3) is 0 Å². The van der Waals surface area contributed by atoms with Crippen LogP contribution < -0.4 is 0 Å². The molecule has 0 heterocycles. The van der Waals surface area contributed by atoms with E-state index < -0.39 is 6.10 Å². The van der Waals surface area contributed by atoms with Crippen molar-refractivity contribution in [3.63, 3.8) is 0 Å². The third kappa shape index (κ3) is 55.2. The number of unbranched alkanes of at least 4 members (excludes halogenated alkanes) is 25. The standard InChI is InChI=1S/C63H106O5/c1-3-5-7-9-11-13-15-17-19-21-23-25-27-28-29-30-31-32-33-34-36-38-40-42-44-46-48-50-52-54-56-58-63(66)68-61(59-64)60-67-62(65)57-55-53-51-49-47-45-43-41-39-37-35-26-24-22-20-18-16-14-12-10-8-6-4-2/h5-8,11-14,17-20,23-26,28-29,61,64H,3-4,9-10,15-16,21-22,27,30-60H2,1-2H3/b7-5-,8-6-,13-11-,14-12-,19-17-,20-18-,25-23-,26-24-,29-28-. The number of carbonyl (C=O) groups is 2. The molecule has 0 aromatic rings. The maximum Gasteiger partial charge on any atom is 0.306 e. The maximum atomic E-state index is 12.3. The van der Waals surface area contributed by atoms with Crippen LogP contribution in [0.2, 0.25) is 0 Å². The molecule has 5 nitrogen and oxygen atoms in total. The number of carbonyl (C=O) groups excluding carboxylic acids is 2. The summed E-state index contributed by atoms with van der Waals surface area (Å²) in [5.41, 5.74) is 0. The van der Waals surface area contributed by atoms with Crippen LogP contribution in [0.5, 0.6) is 0 Å². The van der Waals surface area contributed by atoms with Crippen molar-refractivity contribution < 1.29 is 24.2 Å². The molecule has 0 aliphatic carbocycles. The first-order chi connectivity index (χ1) is 33.6. The van der Waals surface area contributed by atoms with Gasteiger partial charge in [0, 0.05) is 12.8 Å². The lowest BCUT2D eigenvalue weighted by molar-refractivity contribution is -0.161. The molecule has 1 unspecified atom stereocenters. The van der Waals surface area contributed by atoms with Crippen LogP contribution in [0.1, 0.15) is 258 Å². The van der Waals surface area contributed by atoms with Crippen molar-refractivity contribution in [1.29, 1.82) is 0 Å². The summed E-state index contributed by atoms with van der Waals surface area (Å²) in [6, 6.07) is 0. The molecule has 0 aromatic carbocycles. The van der Waals surface area contributed by atoms with Crippen molar-refractivity contribution in [2.24, 2.45) is 0 Å². The molecule has 1 atom stereocenters. The van der Waals surface area contributed by atoms with E-state index in [9.17, 15) is 14.7 Å². The Morgan fingerprint density at radius 3 is 0.882 bits per heavy atom. The fraction of sp³-hybridized carbons (Fsp3) is 0.683. The third-order valence-electron chi connectivity index (χ3n) is 12.1. The number of allylic oxidation sites excluding steroid dienone is 18. The first-order valence-electron chi connectivity index (χ1n) is 28.4. The molecule has 388 valence electrons. The van der Waals surface area contributed by atoms with Crippen molar-refractivity contribution >= 4 is 11.9 Å². The summed E-state index contributed by atoms with van der Waals surface area (Å²) < 4.78 is 10.7. The van der Waals surface area contributed by atoms with E-state index in [1.54, 1.807) is 0 Å². The number of esters is 2. The molecule has 0 aliphatic rings. The molecular weight excluding hydrogens is 837 g/mol. The zero-order valence-corrected chi connectivity index (χ0v) is 44.3. The Morgan fingerprint density at radius 2 is 0.588 bits per heavy atom. The predicted molar refractivity (Wildman–Crippen MR) is 297 cm³/mol. The number of hydrogen-bond acceptors (Lipinski definition) is 5. The van der Waals surface area contributed by atoms with Gasteiger partial charge in [-0.2, -0.15) is 0 Å². The Kier molecular flexibility index (Phi) is 54.9. The van der Waals surface area contributed by atoms with Crippen molar-refractivity contribution in [1.82, 2.24) is 0 Å². The van der Waals surface area contributed by atoms with Gasteiger partial charge in [0.15, 0.2) is 6.10 Å². The van der Waals surface area contributed by atoms with E-state index >= 15 is 0 Å². The molecule has 0 saturated carbocycles. The molecule has 0 spiro atoms. The Balaban J connectivity index is 3.50. The number of aliphatic hydroxyl groups excluding tert-OH is 1. The minimum atomic E-state index is -0.781. The monoisotopic (exact) mass is 943 g/mol. The maximum absolute atomic E-state index is 12.3. The molecule has 0 amide bonds. The summed E-state index contributed by atoms with van der Waals surface area (Å²) in [6.45, 7) is 3.92. The summed E-state index contributed by atoms with van der Waals surface area (Å²) in [5, 5.41) is 9.66. The number of ether oxygens (including phenoxy) is 2. The van der Waals surface area contributed by atoms with Crippen LogP contribution in [0.15, 0.2) is 109 Å². The molecule has 5 heteroatoms. The van der Waals surface area contributed by atoms with Gasteiger partial charge in [-0.05, 0) is 96.3 Å². The molecule has 0 aromatic heterocycles. The molecular formula is C63H106O5. The van der Waals surface area contributed by atoms with Gasteiger partial charge in [0.2, 0.25) is 0 Å². The summed E-state index contributed by atoms with van der Waals surface area (Å²) in [7, 11) is 0. The van der Waals surface area contributed by atoms with Gasteiger partial charge in [-0.1, -0.05) is 258 Å². The van der Waals surface area contributed by atoms with E-state index in [2.05, 4.69) is 123 Å². The van der Waals surface area contributed by atoms with E-state index in [1.165, 1.54) is 135 Å². The Labute approximate surface area is 421 Å². The lowest BCUT2D eigenvalue weighted by Crippen LogP contribution is -2.28. The van der Waals surface area contributed by atoms with Crippen LogP contribution in [0.3, 0.4) is 0 Å². The second-order valence-electron chi connectivity index (χ2n) is 18.6. The Hall–Kier alpha value is -3.44. The highest BCUT2D eigenvalue weighted by molar-refractivity contribution is 5.70. The van der Waals surface area contributed by atoms with E-state index in [-0.39, 0.29) is 25.2 Å². The van der Waals surface area contributed by atoms with Crippen LogP contribution in [0.25, 0.3) is 0 Å². The van der Waals surface area contributed by atoms with Crippen LogP contribution >= 0.6 is 0 Å². The SMILES string of the molecule is CC/C=C\C/C=C\C/C=C\C/C=C\C/C=C\CCCCCCCCCCCCCCCCCC(=O)OC(CO)COC(=O)CCCCCCCCCCCC/C=C\C/C=C\C/C=C\C/C=C\CC. The summed E-state index contributed by atoms with van der Waals surface area (Å²) in [5.74, 6) is -0.594. The average molecular weight is 944 g/mol. The highest BCUT2D eigenvalue weighted by Gasteiger charge is 2.16. The van der Waals surface area contributed by atoms with Gasteiger partial charge in [-0.15, -0.1) is 0 Å². The minimum absolute atomic E-state index is 0.0719. The zero-order chi connectivity index (χ0) is 49.2. The molecule has 0 aliphatic heterocycles. The van der Waals surface area contributed by atoms with Crippen LogP contribution in [0.4, 0.5) is 0 Å². The van der Waals surface area contributed by atoms with Gasteiger partial charge in [-0.3, -0.25) is 9.59 Å². The van der Waals surface area contributed by atoms with E-state index in [1.807, 2.05) is 0 Å². The Morgan fingerprint density at radius 1 is 0.338 bits per heavy atom. The van der Waals surface area contributed by atoms with Gasteiger partial charge < -0.3 is 14.6 Å². The van der Waals surface area contributed by atoms with E-state index in [4.69, 9.17) is 9.47 Å². The normalized spacial score (nSPS) is 13.0. The third-order valence-corrected chi connectivity index (χ3v) is 12.1. The molecule has 0 fully saturated rings. The second kappa shape index (κ2) is 57.9. The largest absolute Gasteiger partial charge is 0.462 e. The van der Waals surface area contributed by atoms with Crippen LogP contribution in [-0.4, -0.2) is 36.4 Å². The molecule has 0 bridgehead atoms. The number of rotatable bonds is 51. The smallest absolute Gasteiger partial charge is 0.306 e. The van der Waals surface area contributed by atoms with Gasteiger partial charge in [0.05, 0.1) is 6.61 Å². The number of hydrogen-bond donors (Lipinski definition) is 1. The van der Waals surface area contributed by atoms with Gasteiger partial charge >= 0.3 is 11.9 Å². The summed E-state index contributed by atoms with van der Waals surface area (Å²) in [6.07, 6.45) is 83.4. The second-order valence-corrected chi connectivity index (χ2v) is 18.6. The first-order valence-corrected chi connectivity index (χ1v) is 28.4. The van der Waals surface area contributed by atoms with Gasteiger partial charge in [0.1, 0.15) is 6.61 Å². The molecule has 0 saturated heterocycles. The lowest BCUT2D eigenvalue weighted by Gasteiger charge is -2.15. The Bertz CT molecular complexity index is 1340. The topological polar surface area (TPSA) is 72.8 Å². The van der Waals surface area contributed by atoms with E-state index in [0.29, 0.717) is 12.8 Å². The summed E-state index contributed by atoms with van der Waals surface area (Å²) >= 11 is 0. The quantitative estimate of drug-likeness (QED) is 0.0374. The highest BCUT2D eigenvalue weighted by atomic mass is 16.6. The molecule has 0 rings (SSSR count). The van der Waals surface area contributed by atoms with Crippen molar-refractivity contribution in [2.75, 3.05) is 13.2 Å². The molecule has 68 heavy (non-hydrogen) atoms. The van der Waals surface area contributed by atoms with Crippen LogP contribution in [0, 0.1) is 0 Å². The van der Waals surface area contributed by atoms with E-state index in [0.717, 1.165) is 96.3 Å². The molecule has 1 N–H and O–H groups in total. The zero-order valence-electron chi connectivity index (χ0n) is 44.3. The lowest BCUT2D eigenvalue weighted by atomic mass is 10.0. The fourth-order valence-corrected chi connectivity index (χ4v) is 7.87. The van der Waals surface area contributed by atoms with Crippen molar-refractivity contribution in [3.8, 4) is 0 Å². The van der Waals surface area contributed by atoms with Gasteiger partial charge in [-0.25, -0.2) is 0 Å². The van der Waals surface area contributed by atoms with Crippen molar-refractivity contribution in [2.45, 2.75) is 264 Å². The first kappa shape index (κ1) is 64.6. The fourth-order valence-electron chi connectivity index (χ4n) is 7.87.